The van der Waals surface area contributed by atoms with E-state index in [4.69, 9.17) is 4.52 Å². The number of aromatic nitrogens is 2. The Morgan fingerprint density at radius 3 is 2.77 bits per heavy atom. The van der Waals surface area contributed by atoms with E-state index in [9.17, 15) is 4.79 Å². The SMILES string of the molecule is Cc1ccc(CCC(=O)NCc2nc(-c3cccc(Br)c3)no2)cc1C. The summed E-state index contributed by atoms with van der Waals surface area (Å²) in [5.74, 6) is 0.857. The van der Waals surface area contributed by atoms with Crippen molar-refractivity contribution in [3.8, 4) is 11.4 Å². The number of aryl methyl sites for hydroxylation is 3. The van der Waals surface area contributed by atoms with Crippen molar-refractivity contribution < 1.29 is 9.32 Å². The number of nitrogens with one attached hydrogen (secondary N) is 1. The first kappa shape index (κ1) is 18.3. The normalized spacial score (nSPS) is 10.7. The first-order chi connectivity index (χ1) is 12.5. The largest absolute Gasteiger partial charge is 0.347 e. The molecule has 0 aliphatic rings. The van der Waals surface area contributed by atoms with Crippen LogP contribution in [0.1, 0.15) is 29.0 Å². The number of benzene rings is 2. The van der Waals surface area contributed by atoms with Crippen LogP contribution in [0.25, 0.3) is 11.4 Å². The minimum atomic E-state index is -0.0366. The lowest BCUT2D eigenvalue weighted by atomic mass is 10.0. The molecule has 1 heterocycles. The molecule has 1 aromatic heterocycles. The van der Waals surface area contributed by atoms with Crippen LogP contribution in [0, 0.1) is 13.8 Å². The fraction of sp³-hybridized carbons (Fsp3) is 0.250. The molecule has 0 fully saturated rings. The van der Waals surface area contributed by atoms with Gasteiger partial charge < -0.3 is 9.84 Å². The Morgan fingerprint density at radius 2 is 2.00 bits per heavy atom. The molecule has 26 heavy (non-hydrogen) atoms. The number of hydrogen-bond acceptors (Lipinski definition) is 4. The third-order valence-electron chi connectivity index (χ3n) is 4.20. The van der Waals surface area contributed by atoms with Crippen molar-refractivity contribution >= 4 is 21.8 Å². The van der Waals surface area contributed by atoms with E-state index < -0.39 is 0 Å². The van der Waals surface area contributed by atoms with Gasteiger partial charge in [0, 0.05) is 16.5 Å². The van der Waals surface area contributed by atoms with Gasteiger partial charge in [0.1, 0.15) is 0 Å². The third-order valence-corrected chi connectivity index (χ3v) is 4.69. The van der Waals surface area contributed by atoms with Crippen molar-refractivity contribution in [2.75, 3.05) is 0 Å². The zero-order chi connectivity index (χ0) is 18.5. The Labute approximate surface area is 160 Å². The monoisotopic (exact) mass is 413 g/mol. The molecule has 3 rings (SSSR count). The summed E-state index contributed by atoms with van der Waals surface area (Å²) < 4.78 is 6.16. The lowest BCUT2D eigenvalue weighted by molar-refractivity contribution is -0.121. The standard InChI is InChI=1S/C20H20BrN3O2/c1-13-6-7-15(10-14(13)2)8-9-18(25)22-12-19-23-20(24-26-19)16-4-3-5-17(21)11-16/h3-7,10-11H,8-9,12H2,1-2H3,(H,22,25). The van der Waals surface area contributed by atoms with Gasteiger partial charge in [-0.15, -0.1) is 0 Å². The van der Waals surface area contributed by atoms with Crippen molar-refractivity contribution in [1.82, 2.24) is 15.5 Å². The van der Waals surface area contributed by atoms with Gasteiger partial charge in [0.2, 0.25) is 17.6 Å². The minimum absolute atomic E-state index is 0.0366. The lowest BCUT2D eigenvalue weighted by Gasteiger charge is -2.05. The Morgan fingerprint density at radius 1 is 1.15 bits per heavy atom. The second-order valence-electron chi connectivity index (χ2n) is 6.22. The molecular weight excluding hydrogens is 394 g/mol. The third kappa shape index (κ3) is 4.79. The van der Waals surface area contributed by atoms with Crippen LogP contribution in [0.5, 0.6) is 0 Å². The average molecular weight is 414 g/mol. The molecule has 0 unspecified atom stereocenters. The Hall–Kier alpha value is -2.47. The number of hydrogen-bond donors (Lipinski definition) is 1. The van der Waals surface area contributed by atoms with E-state index in [2.05, 4.69) is 63.4 Å². The Balaban J connectivity index is 1.51. The van der Waals surface area contributed by atoms with Gasteiger partial charge in [-0.05, 0) is 49.1 Å². The fourth-order valence-corrected chi connectivity index (χ4v) is 2.95. The number of carbonyl (C=O) groups is 1. The molecule has 1 N–H and O–H groups in total. The smallest absolute Gasteiger partial charge is 0.246 e. The zero-order valence-corrected chi connectivity index (χ0v) is 16.3. The summed E-state index contributed by atoms with van der Waals surface area (Å²) in [6.45, 7) is 4.39. The van der Waals surface area contributed by atoms with E-state index in [-0.39, 0.29) is 12.5 Å². The summed E-state index contributed by atoms with van der Waals surface area (Å²) in [4.78, 5) is 16.4. The summed E-state index contributed by atoms with van der Waals surface area (Å²) in [6.07, 6.45) is 1.13. The molecule has 0 aliphatic heterocycles. The number of amides is 1. The molecular formula is C20H20BrN3O2. The molecule has 5 nitrogen and oxygen atoms in total. The van der Waals surface area contributed by atoms with E-state index in [1.165, 1.54) is 11.1 Å². The number of nitrogens with zero attached hydrogens (tertiary/aromatic N) is 2. The van der Waals surface area contributed by atoms with Gasteiger partial charge in [-0.1, -0.05) is 51.4 Å². The summed E-state index contributed by atoms with van der Waals surface area (Å²) in [7, 11) is 0. The second-order valence-corrected chi connectivity index (χ2v) is 7.13. The highest BCUT2D eigenvalue weighted by Gasteiger charge is 2.10. The Bertz CT molecular complexity index is 921. The predicted octanol–water partition coefficient (Wildman–Crippen LogP) is 4.36. The second kappa shape index (κ2) is 8.27. The van der Waals surface area contributed by atoms with E-state index in [1.807, 2.05) is 24.3 Å². The van der Waals surface area contributed by atoms with Crippen LogP contribution in [0.15, 0.2) is 51.5 Å². The van der Waals surface area contributed by atoms with Crippen LogP contribution in [-0.4, -0.2) is 16.0 Å². The fourth-order valence-electron chi connectivity index (χ4n) is 2.55. The summed E-state index contributed by atoms with van der Waals surface area (Å²) in [5, 5.41) is 6.79. The van der Waals surface area contributed by atoms with Crippen molar-refractivity contribution in [3.63, 3.8) is 0 Å². The van der Waals surface area contributed by atoms with Crippen LogP contribution in [0.3, 0.4) is 0 Å². The number of carbonyl (C=O) groups excluding carboxylic acids is 1. The van der Waals surface area contributed by atoms with Gasteiger partial charge in [0.15, 0.2) is 0 Å². The van der Waals surface area contributed by atoms with Crippen LogP contribution in [-0.2, 0) is 17.8 Å². The molecule has 3 aromatic rings. The van der Waals surface area contributed by atoms with Crippen LogP contribution >= 0.6 is 15.9 Å². The van der Waals surface area contributed by atoms with Gasteiger partial charge in [0.05, 0.1) is 6.54 Å². The molecule has 2 aromatic carbocycles. The van der Waals surface area contributed by atoms with Gasteiger partial charge in [0.25, 0.3) is 0 Å². The topological polar surface area (TPSA) is 68.0 Å². The highest BCUT2D eigenvalue weighted by atomic mass is 79.9. The van der Waals surface area contributed by atoms with Gasteiger partial charge in [-0.2, -0.15) is 4.98 Å². The average Bonchev–Trinajstić information content (AvgIpc) is 3.10. The van der Waals surface area contributed by atoms with Gasteiger partial charge >= 0.3 is 0 Å². The summed E-state index contributed by atoms with van der Waals surface area (Å²) in [6, 6.07) is 13.9. The maximum absolute atomic E-state index is 12.1. The van der Waals surface area contributed by atoms with E-state index in [1.54, 1.807) is 0 Å². The molecule has 0 saturated carbocycles. The molecule has 6 heteroatoms. The van der Waals surface area contributed by atoms with Crippen molar-refractivity contribution in [2.45, 2.75) is 33.2 Å². The first-order valence-corrected chi connectivity index (χ1v) is 9.22. The van der Waals surface area contributed by atoms with E-state index >= 15 is 0 Å². The summed E-state index contributed by atoms with van der Waals surface area (Å²) in [5.41, 5.74) is 4.53. The van der Waals surface area contributed by atoms with Crippen molar-refractivity contribution in [1.29, 1.82) is 0 Å². The maximum atomic E-state index is 12.1. The van der Waals surface area contributed by atoms with Crippen LogP contribution in [0.2, 0.25) is 0 Å². The molecule has 0 aliphatic carbocycles. The molecule has 0 spiro atoms. The van der Waals surface area contributed by atoms with E-state index in [0.29, 0.717) is 24.6 Å². The van der Waals surface area contributed by atoms with Crippen LogP contribution in [0.4, 0.5) is 0 Å². The molecule has 1 amide bonds. The van der Waals surface area contributed by atoms with Crippen molar-refractivity contribution in [3.05, 3.63) is 69.5 Å². The zero-order valence-electron chi connectivity index (χ0n) is 14.8. The van der Waals surface area contributed by atoms with Crippen LogP contribution < -0.4 is 5.32 Å². The lowest BCUT2D eigenvalue weighted by Crippen LogP contribution is -2.23. The molecule has 0 atom stereocenters. The molecule has 0 saturated heterocycles. The highest BCUT2D eigenvalue weighted by molar-refractivity contribution is 9.10. The minimum Gasteiger partial charge on any atom is -0.347 e. The van der Waals surface area contributed by atoms with E-state index in [0.717, 1.165) is 15.6 Å². The number of rotatable bonds is 6. The molecule has 0 bridgehead atoms. The number of halogens is 1. The van der Waals surface area contributed by atoms with Gasteiger partial charge in [-0.3, -0.25) is 4.79 Å². The van der Waals surface area contributed by atoms with Gasteiger partial charge in [-0.25, -0.2) is 0 Å². The maximum Gasteiger partial charge on any atom is 0.246 e. The molecule has 0 radical (unpaired) electrons. The summed E-state index contributed by atoms with van der Waals surface area (Å²) >= 11 is 3.42. The Kier molecular flexibility index (Phi) is 5.83. The van der Waals surface area contributed by atoms with Crippen molar-refractivity contribution in [2.24, 2.45) is 0 Å². The predicted molar refractivity (Wildman–Crippen MR) is 104 cm³/mol. The highest BCUT2D eigenvalue weighted by Crippen LogP contribution is 2.20. The first-order valence-electron chi connectivity index (χ1n) is 8.42. The quantitative estimate of drug-likeness (QED) is 0.651. The molecule has 134 valence electrons.